The molecule has 0 saturated carbocycles. The molecule has 0 amide bonds. The van der Waals surface area contributed by atoms with Gasteiger partial charge in [-0.25, -0.2) is 4.98 Å². The van der Waals surface area contributed by atoms with Gasteiger partial charge in [-0.2, -0.15) is 0 Å². The second-order valence-corrected chi connectivity index (χ2v) is 6.11. The molecule has 1 aromatic heterocycles. The van der Waals surface area contributed by atoms with E-state index in [1.807, 2.05) is 23.2 Å². The van der Waals surface area contributed by atoms with Crippen LogP contribution in [0.25, 0.3) is 5.69 Å². The number of imidazole rings is 1. The van der Waals surface area contributed by atoms with Gasteiger partial charge in [0.2, 0.25) is 0 Å². The Hall–Kier alpha value is -1.91. The van der Waals surface area contributed by atoms with Gasteiger partial charge in [-0.1, -0.05) is 46.3 Å². The summed E-state index contributed by atoms with van der Waals surface area (Å²) in [6.07, 6.45) is 5.54. The molecule has 0 spiro atoms. The normalized spacial score (nSPS) is 12.3. The molecule has 0 saturated heterocycles. The van der Waals surface area contributed by atoms with E-state index in [0.717, 1.165) is 16.7 Å². The molecule has 1 N–H and O–H groups in total. The van der Waals surface area contributed by atoms with Gasteiger partial charge in [-0.3, -0.25) is 0 Å². The van der Waals surface area contributed by atoms with Crippen molar-refractivity contribution in [2.75, 3.05) is 0 Å². The summed E-state index contributed by atoms with van der Waals surface area (Å²) >= 11 is 3.61. The van der Waals surface area contributed by atoms with Gasteiger partial charge in [0.25, 0.3) is 0 Å². The van der Waals surface area contributed by atoms with Crippen molar-refractivity contribution in [3.8, 4) is 5.69 Å². The van der Waals surface area contributed by atoms with Crippen LogP contribution in [0.4, 0.5) is 0 Å². The van der Waals surface area contributed by atoms with Crippen molar-refractivity contribution in [3.05, 3.63) is 82.9 Å². The quantitative estimate of drug-likeness (QED) is 0.730. The molecule has 1 atom stereocenters. The lowest BCUT2D eigenvalue weighted by atomic mass is 10.1. The van der Waals surface area contributed by atoms with E-state index in [4.69, 9.17) is 0 Å². The predicted octanol–water partition coefficient (Wildman–Crippen LogP) is 4.49. The average Bonchev–Trinajstić information content (AvgIpc) is 3.08. The van der Waals surface area contributed by atoms with Gasteiger partial charge in [-0.15, -0.1) is 0 Å². The Labute approximate surface area is 139 Å². The summed E-state index contributed by atoms with van der Waals surface area (Å²) in [5.41, 5.74) is 3.67. The zero-order chi connectivity index (χ0) is 15.4. The molecule has 3 rings (SSSR count). The van der Waals surface area contributed by atoms with E-state index in [0.29, 0.717) is 6.04 Å². The molecule has 0 aliphatic carbocycles. The van der Waals surface area contributed by atoms with Crippen LogP contribution in [-0.2, 0) is 6.54 Å². The van der Waals surface area contributed by atoms with Gasteiger partial charge < -0.3 is 9.88 Å². The molecule has 1 heterocycles. The van der Waals surface area contributed by atoms with E-state index in [9.17, 15) is 0 Å². The minimum absolute atomic E-state index is 0.295. The molecule has 2 aromatic carbocycles. The van der Waals surface area contributed by atoms with Crippen molar-refractivity contribution < 1.29 is 0 Å². The van der Waals surface area contributed by atoms with E-state index < -0.39 is 0 Å². The zero-order valence-electron chi connectivity index (χ0n) is 12.4. The maximum Gasteiger partial charge on any atom is 0.0991 e. The number of halogens is 1. The molecule has 112 valence electrons. The average molecular weight is 356 g/mol. The number of benzene rings is 2. The van der Waals surface area contributed by atoms with Crippen molar-refractivity contribution in [3.63, 3.8) is 0 Å². The SMILES string of the molecule is C[C@@H](NCc1ccc(-n2ccnc2)cc1)c1ccccc1Br. The fraction of sp³-hybridized carbons (Fsp3) is 0.167. The topological polar surface area (TPSA) is 29.9 Å². The van der Waals surface area contributed by atoms with Gasteiger partial charge in [0.1, 0.15) is 0 Å². The van der Waals surface area contributed by atoms with Gasteiger partial charge in [0.05, 0.1) is 6.33 Å². The van der Waals surface area contributed by atoms with Crippen LogP contribution in [0, 0.1) is 0 Å². The summed E-state index contributed by atoms with van der Waals surface area (Å²) in [6, 6.07) is 17.1. The monoisotopic (exact) mass is 355 g/mol. The molecular weight excluding hydrogens is 338 g/mol. The Kier molecular flexibility index (Phi) is 4.71. The Balaban J connectivity index is 1.63. The van der Waals surface area contributed by atoms with Crippen LogP contribution in [0.5, 0.6) is 0 Å². The first kappa shape index (κ1) is 15.0. The molecule has 3 aromatic rings. The second-order valence-electron chi connectivity index (χ2n) is 5.26. The van der Waals surface area contributed by atoms with Gasteiger partial charge in [-0.05, 0) is 36.2 Å². The molecule has 22 heavy (non-hydrogen) atoms. The van der Waals surface area contributed by atoms with Crippen molar-refractivity contribution >= 4 is 15.9 Å². The first-order valence-corrected chi connectivity index (χ1v) is 8.08. The summed E-state index contributed by atoms with van der Waals surface area (Å²) in [6.45, 7) is 3.02. The van der Waals surface area contributed by atoms with E-state index in [-0.39, 0.29) is 0 Å². The summed E-state index contributed by atoms with van der Waals surface area (Å²) in [7, 11) is 0. The van der Waals surface area contributed by atoms with Crippen LogP contribution in [0.15, 0.2) is 71.7 Å². The highest BCUT2D eigenvalue weighted by Crippen LogP contribution is 2.23. The van der Waals surface area contributed by atoms with Gasteiger partial charge >= 0.3 is 0 Å². The smallest absolute Gasteiger partial charge is 0.0991 e. The molecule has 0 aliphatic heterocycles. The van der Waals surface area contributed by atoms with Gasteiger partial charge in [0, 0.05) is 35.1 Å². The molecule has 4 heteroatoms. The van der Waals surface area contributed by atoms with E-state index in [2.05, 4.69) is 75.6 Å². The molecule has 0 aliphatic rings. The lowest BCUT2D eigenvalue weighted by Crippen LogP contribution is -2.18. The number of hydrogen-bond donors (Lipinski definition) is 1. The van der Waals surface area contributed by atoms with Crippen LogP contribution in [0.2, 0.25) is 0 Å². The maximum absolute atomic E-state index is 4.07. The largest absolute Gasteiger partial charge is 0.306 e. The molecule has 0 bridgehead atoms. The highest BCUT2D eigenvalue weighted by molar-refractivity contribution is 9.10. The van der Waals surface area contributed by atoms with Crippen molar-refractivity contribution in [2.45, 2.75) is 19.5 Å². The van der Waals surface area contributed by atoms with Crippen LogP contribution in [0.3, 0.4) is 0 Å². The summed E-state index contributed by atoms with van der Waals surface area (Å²) in [5.74, 6) is 0. The van der Waals surface area contributed by atoms with E-state index in [1.54, 1.807) is 6.20 Å². The van der Waals surface area contributed by atoms with E-state index >= 15 is 0 Å². The van der Waals surface area contributed by atoms with Gasteiger partial charge in [0.15, 0.2) is 0 Å². The summed E-state index contributed by atoms with van der Waals surface area (Å²) < 4.78 is 3.14. The van der Waals surface area contributed by atoms with Crippen LogP contribution in [0.1, 0.15) is 24.1 Å². The molecule has 0 radical (unpaired) electrons. The summed E-state index contributed by atoms with van der Waals surface area (Å²) in [5, 5.41) is 3.56. The van der Waals surface area contributed by atoms with Crippen LogP contribution in [-0.4, -0.2) is 9.55 Å². The summed E-state index contributed by atoms with van der Waals surface area (Å²) in [4.78, 5) is 4.07. The Morgan fingerprint density at radius 3 is 2.59 bits per heavy atom. The fourth-order valence-electron chi connectivity index (χ4n) is 2.40. The number of rotatable bonds is 5. The Bertz CT molecular complexity index is 720. The van der Waals surface area contributed by atoms with Crippen LogP contribution >= 0.6 is 15.9 Å². The second kappa shape index (κ2) is 6.90. The number of hydrogen-bond acceptors (Lipinski definition) is 2. The van der Waals surface area contributed by atoms with Crippen molar-refractivity contribution in [1.82, 2.24) is 14.9 Å². The zero-order valence-corrected chi connectivity index (χ0v) is 14.0. The molecule has 0 fully saturated rings. The first-order chi connectivity index (χ1) is 10.7. The minimum atomic E-state index is 0.295. The van der Waals surface area contributed by atoms with Crippen molar-refractivity contribution in [2.24, 2.45) is 0 Å². The molecular formula is C18H18BrN3. The fourth-order valence-corrected chi connectivity index (χ4v) is 3.03. The number of aromatic nitrogens is 2. The minimum Gasteiger partial charge on any atom is -0.306 e. The highest BCUT2D eigenvalue weighted by atomic mass is 79.9. The lowest BCUT2D eigenvalue weighted by Gasteiger charge is -2.16. The molecule has 3 nitrogen and oxygen atoms in total. The predicted molar refractivity (Wildman–Crippen MR) is 93.0 cm³/mol. The third-order valence-electron chi connectivity index (χ3n) is 3.72. The Morgan fingerprint density at radius 2 is 1.91 bits per heavy atom. The highest BCUT2D eigenvalue weighted by Gasteiger charge is 2.08. The Morgan fingerprint density at radius 1 is 1.14 bits per heavy atom. The molecule has 0 unspecified atom stereocenters. The number of nitrogens with zero attached hydrogens (tertiary/aromatic N) is 2. The van der Waals surface area contributed by atoms with Crippen molar-refractivity contribution in [1.29, 1.82) is 0 Å². The first-order valence-electron chi connectivity index (χ1n) is 7.29. The van der Waals surface area contributed by atoms with Crippen LogP contribution < -0.4 is 5.32 Å². The lowest BCUT2D eigenvalue weighted by molar-refractivity contribution is 0.573. The third kappa shape index (κ3) is 3.46. The van der Waals surface area contributed by atoms with E-state index in [1.165, 1.54) is 11.1 Å². The maximum atomic E-state index is 4.07. The number of nitrogens with one attached hydrogen (secondary N) is 1. The standard InChI is InChI=1S/C18H18BrN3/c1-14(17-4-2-3-5-18(17)19)21-12-15-6-8-16(9-7-15)22-11-10-20-13-22/h2-11,13-14,21H,12H2,1H3/t14-/m1/s1. The third-order valence-corrected chi connectivity index (χ3v) is 4.45.